The highest BCUT2D eigenvalue weighted by Crippen LogP contribution is 2.34. The summed E-state index contributed by atoms with van der Waals surface area (Å²) in [6.45, 7) is 14.2. The van der Waals surface area contributed by atoms with Gasteiger partial charge in [-0.3, -0.25) is 29.0 Å². The third-order valence-corrected chi connectivity index (χ3v) is 16.1. The minimum absolute atomic E-state index is 0.00691. The highest BCUT2D eigenvalue weighted by molar-refractivity contribution is 6.31. The quantitative estimate of drug-likeness (QED) is 0.0258. The summed E-state index contributed by atoms with van der Waals surface area (Å²) in [6, 6.07) is 20.6. The molecular formula is C68H76Cl2F6N12O12. The molecule has 0 saturated carbocycles. The van der Waals surface area contributed by atoms with Crippen molar-refractivity contribution in [3.8, 4) is 11.5 Å². The van der Waals surface area contributed by atoms with Crippen molar-refractivity contribution in [3.63, 3.8) is 0 Å². The fourth-order valence-corrected chi connectivity index (χ4v) is 10.6. The van der Waals surface area contributed by atoms with E-state index in [0.717, 1.165) is 38.1 Å². The molecule has 24 nitrogen and oxygen atoms in total. The van der Waals surface area contributed by atoms with Gasteiger partial charge in [-0.15, -0.1) is 0 Å². The molecule has 32 heteroatoms. The molecule has 0 unspecified atom stereocenters. The predicted octanol–water partition coefficient (Wildman–Crippen LogP) is 12.2. The van der Waals surface area contributed by atoms with Crippen LogP contribution in [0, 0.1) is 0 Å². The largest absolute Gasteiger partial charge is 0.480 e. The number of carbonyl (C=O) groups excluding carboxylic acids is 7. The summed E-state index contributed by atoms with van der Waals surface area (Å²) >= 11 is 11.8. The van der Waals surface area contributed by atoms with Gasteiger partial charge < -0.3 is 49.6 Å². The van der Waals surface area contributed by atoms with E-state index in [9.17, 15) is 69.8 Å². The molecular weight excluding hydrogens is 1360 g/mol. The molecule has 536 valence electrons. The van der Waals surface area contributed by atoms with Gasteiger partial charge in [0.25, 0.3) is 0 Å². The summed E-state index contributed by atoms with van der Waals surface area (Å²) in [5, 5.41) is 16.3. The number of aliphatic carboxylic acids is 1. The molecule has 2 atom stereocenters. The summed E-state index contributed by atoms with van der Waals surface area (Å²) in [7, 11) is 0. The Morgan fingerprint density at radius 2 is 0.870 bits per heavy atom. The monoisotopic (exact) mass is 1440 g/mol. The molecule has 0 radical (unpaired) electrons. The highest BCUT2D eigenvalue weighted by atomic mass is 35.5. The number of ketones is 2. The van der Waals surface area contributed by atoms with Gasteiger partial charge in [0.05, 0.1) is 25.5 Å². The molecule has 3 N–H and O–H groups in total. The average Bonchev–Trinajstić information content (AvgIpc) is 0.877. The lowest BCUT2D eigenvalue weighted by atomic mass is 10.0. The van der Waals surface area contributed by atoms with Crippen LogP contribution in [0.15, 0.2) is 109 Å². The number of carboxylic acid groups (broad SMARTS) is 1. The van der Waals surface area contributed by atoms with Crippen molar-refractivity contribution in [3.05, 3.63) is 142 Å². The van der Waals surface area contributed by atoms with E-state index in [1.165, 1.54) is 60.7 Å². The number of nitrogens with one attached hydrogen (secondary N) is 2. The first kappa shape index (κ1) is 77.5. The molecule has 2 aliphatic heterocycles. The number of amides is 4. The topological polar surface area (TPSA) is 280 Å². The Morgan fingerprint density at radius 3 is 1.19 bits per heavy atom. The third-order valence-electron chi connectivity index (χ3n) is 15.6. The molecule has 0 aliphatic carbocycles. The number of esters is 1. The molecule has 2 saturated heterocycles. The van der Waals surface area contributed by atoms with Gasteiger partial charge in [0.15, 0.2) is 23.2 Å². The minimum atomic E-state index is -5.40. The molecule has 2 aliphatic rings. The molecule has 6 aromatic rings. The number of hydrogen-bond acceptors (Lipinski definition) is 19. The first-order valence-corrected chi connectivity index (χ1v) is 32.7. The first-order valence-electron chi connectivity index (χ1n) is 32.0. The number of anilines is 6. The molecule has 0 bridgehead atoms. The Labute approximate surface area is 582 Å². The molecule has 2 aromatic heterocycles. The van der Waals surface area contributed by atoms with Crippen molar-refractivity contribution >= 4 is 106 Å². The van der Waals surface area contributed by atoms with E-state index in [1.807, 2.05) is 13.8 Å². The van der Waals surface area contributed by atoms with Crippen LogP contribution in [-0.4, -0.2) is 178 Å². The molecule has 2 fully saturated rings. The van der Waals surface area contributed by atoms with Crippen LogP contribution in [0.4, 0.5) is 70.8 Å². The smallest absolute Gasteiger partial charge is 0.471 e. The van der Waals surface area contributed by atoms with Crippen molar-refractivity contribution in [2.75, 3.05) is 95.7 Å². The van der Waals surface area contributed by atoms with Gasteiger partial charge in [0.2, 0.25) is 11.9 Å². The second-order valence-electron chi connectivity index (χ2n) is 23.9. The zero-order valence-corrected chi connectivity index (χ0v) is 57.3. The lowest BCUT2D eigenvalue weighted by Crippen LogP contribution is -2.45. The number of halogens is 8. The number of alkyl halides is 6. The number of benzene rings is 4. The van der Waals surface area contributed by atoms with E-state index in [0.29, 0.717) is 73.5 Å². The second-order valence-corrected chi connectivity index (χ2v) is 24.7. The zero-order valence-electron chi connectivity index (χ0n) is 55.8. The SMILES string of the molecule is CCN(CC)c1ncc(N(CC(=O)c2ccc(Cl)cc2)C(=O)C(F)(F)F)c(N[C@@H](Cc2ccc(OC(=O)N3CCCC3)cc2)C(=O)O)n1.CCN(CC)c1ncc(N(CC(=O)c2ccc(Cl)cc2)C(=O)C(F)(F)F)c(N[C@@H](Cc2ccc(OC(=O)N3CCCC3)cc2)C(=O)OC(C)(C)C)n1. The molecule has 8 rings (SSSR count). The number of carboxylic acids is 1. The second kappa shape index (κ2) is 34.8. The summed E-state index contributed by atoms with van der Waals surface area (Å²) < 4.78 is 101. The average molecular weight is 1440 g/mol. The Hall–Kier alpha value is -9.84. The molecule has 100 heavy (non-hydrogen) atoms. The third kappa shape index (κ3) is 21.8. The zero-order chi connectivity index (χ0) is 73.2. The van der Waals surface area contributed by atoms with E-state index >= 15 is 0 Å². The molecule has 4 heterocycles. The minimum Gasteiger partial charge on any atom is -0.480 e. The van der Waals surface area contributed by atoms with Gasteiger partial charge in [-0.1, -0.05) is 47.5 Å². The number of ether oxygens (including phenoxy) is 3. The molecule has 4 amide bonds. The lowest BCUT2D eigenvalue weighted by Gasteiger charge is -2.29. The van der Waals surface area contributed by atoms with Crippen molar-refractivity contribution < 1.29 is 84.0 Å². The van der Waals surface area contributed by atoms with Crippen LogP contribution in [0.3, 0.4) is 0 Å². The van der Waals surface area contributed by atoms with Crippen LogP contribution in [0.1, 0.15) is 106 Å². The van der Waals surface area contributed by atoms with Gasteiger partial charge in [0, 0.05) is 86.4 Å². The number of nitrogens with zero attached hydrogens (tertiary/aromatic N) is 10. The Kier molecular flexibility index (Phi) is 27.0. The van der Waals surface area contributed by atoms with Crippen LogP contribution in [-0.2, 0) is 36.8 Å². The van der Waals surface area contributed by atoms with Crippen molar-refractivity contribution in [1.29, 1.82) is 0 Å². The first-order chi connectivity index (χ1) is 47.3. The van der Waals surface area contributed by atoms with Gasteiger partial charge >= 0.3 is 48.3 Å². The van der Waals surface area contributed by atoms with E-state index in [4.69, 9.17) is 37.4 Å². The van der Waals surface area contributed by atoms with Crippen LogP contribution >= 0.6 is 23.2 Å². The highest BCUT2D eigenvalue weighted by Gasteiger charge is 2.46. The van der Waals surface area contributed by atoms with Gasteiger partial charge in [0.1, 0.15) is 40.6 Å². The Bertz CT molecular complexity index is 3830. The number of hydrogen-bond donors (Lipinski definition) is 3. The van der Waals surface area contributed by atoms with Gasteiger partial charge in [-0.05, 0) is 158 Å². The van der Waals surface area contributed by atoms with Crippen LogP contribution in [0.2, 0.25) is 10.0 Å². The summed E-state index contributed by atoms with van der Waals surface area (Å²) in [6.07, 6.45) is -6.44. The van der Waals surface area contributed by atoms with Gasteiger partial charge in [-0.25, -0.2) is 29.1 Å². The maximum atomic E-state index is 14.1. The van der Waals surface area contributed by atoms with Crippen LogP contribution in [0.5, 0.6) is 11.5 Å². The van der Waals surface area contributed by atoms with E-state index < -0.39 is 108 Å². The fraction of sp³-hybridized carbons (Fsp3) is 0.412. The standard InChI is InChI=1S/C36H42ClF3N6O6.C32H34ClF3N6O6/c1-6-44(7-2)33-41-21-28(46(32(49)36(38,39)40)22-29(47)24-12-14-25(37)15-13-24)30(43-33)42-27(31(48)52-35(3,4)5)20-23-10-16-26(17-11-23)51-34(50)45-18-8-9-19-45;1-3-40(4-2)30-37-18-25(42(29(46)32(34,35)36)19-26(43)21-9-11-22(33)12-10-21)27(39-30)38-24(28(44)45)17-20-7-13-23(14-8-20)48-31(47)41-15-5-6-16-41/h10-17,21,27H,6-9,18-20,22H2,1-5H3,(H,41,42,43);7-14,18,24H,3-6,15-17,19H2,1-2H3,(H,44,45)(H,37,38,39)/t27-;24-/m00/s1. The van der Waals surface area contributed by atoms with Crippen molar-refractivity contribution in [1.82, 2.24) is 29.7 Å². The Balaban J connectivity index is 0.000000282. The van der Waals surface area contributed by atoms with Gasteiger partial charge in [-0.2, -0.15) is 36.3 Å². The number of likely N-dealkylation sites (tertiary alicyclic amines) is 2. The maximum Gasteiger partial charge on any atom is 0.471 e. The number of Topliss-reactive ketones (excluding diaryl/α,β-unsaturated/α-hetero) is 2. The fourth-order valence-electron chi connectivity index (χ4n) is 10.3. The maximum absolute atomic E-state index is 14.1. The number of aromatic nitrogens is 4. The lowest BCUT2D eigenvalue weighted by molar-refractivity contribution is -0.170. The van der Waals surface area contributed by atoms with E-state index in [1.54, 1.807) is 90.6 Å². The van der Waals surface area contributed by atoms with E-state index in [2.05, 4.69) is 30.6 Å². The number of rotatable bonds is 26. The molecule has 4 aromatic carbocycles. The summed E-state index contributed by atoms with van der Waals surface area (Å²) in [5.41, 5.74) is -0.923. The predicted molar refractivity (Wildman–Crippen MR) is 362 cm³/mol. The molecule has 0 spiro atoms. The summed E-state index contributed by atoms with van der Waals surface area (Å²) in [4.78, 5) is 127. The van der Waals surface area contributed by atoms with E-state index in [-0.39, 0.29) is 63.0 Å². The number of carbonyl (C=O) groups is 8. The van der Waals surface area contributed by atoms with Crippen LogP contribution in [0.25, 0.3) is 0 Å². The summed E-state index contributed by atoms with van der Waals surface area (Å²) in [5.74, 6) is -8.54. The van der Waals surface area contributed by atoms with Crippen molar-refractivity contribution in [2.45, 2.75) is 117 Å². The van der Waals surface area contributed by atoms with Crippen LogP contribution < -0.4 is 39.7 Å². The van der Waals surface area contributed by atoms with Crippen molar-refractivity contribution in [2.24, 2.45) is 0 Å². The Morgan fingerprint density at radius 1 is 0.530 bits per heavy atom. The normalized spacial score (nSPS) is 13.6.